The topological polar surface area (TPSA) is 90.0 Å². The number of nitrogens with one attached hydrogen (secondary N) is 1. The highest BCUT2D eigenvalue weighted by Crippen LogP contribution is 2.38. The molecule has 0 aliphatic heterocycles. The zero-order valence-corrected chi connectivity index (χ0v) is 13.7. The smallest absolute Gasteiger partial charge is 0.246 e. The maximum atomic E-state index is 12.2. The van der Waals surface area contributed by atoms with Gasteiger partial charge in [0.05, 0.1) is 11.4 Å². The maximum absolute atomic E-state index is 12.2. The molecule has 1 aliphatic carbocycles. The van der Waals surface area contributed by atoms with Gasteiger partial charge in [-0.3, -0.25) is 9.20 Å². The lowest BCUT2D eigenvalue weighted by atomic mass is 10.2. The average Bonchev–Trinajstić information content (AvgIpc) is 3.14. The molecule has 3 aromatic rings. The van der Waals surface area contributed by atoms with Gasteiger partial charge in [-0.25, -0.2) is 4.68 Å². The van der Waals surface area contributed by atoms with Crippen molar-refractivity contribution in [1.82, 2.24) is 29.6 Å². The fraction of sp³-hybridized carbons (Fsp3) is 0.438. The second kappa shape index (κ2) is 5.70. The summed E-state index contributed by atoms with van der Waals surface area (Å²) in [4.78, 5) is 12.2. The number of rotatable bonds is 5. The van der Waals surface area contributed by atoms with Crippen LogP contribution in [0, 0.1) is 0 Å². The summed E-state index contributed by atoms with van der Waals surface area (Å²) in [6.45, 7) is 4.27. The number of carbonyl (C=O) groups is 1. The normalized spacial score (nSPS) is 14.5. The lowest BCUT2D eigenvalue weighted by Crippen LogP contribution is -2.19. The Morgan fingerprint density at radius 2 is 2.08 bits per heavy atom. The molecule has 1 fully saturated rings. The van der Waals surface area contributed by atoms with Gasteiger partial charge in [0.25, 0.3) is 0 Å². The standard InChI is InChI=1S/C16H19N7O/c1-10(2)16-20-19-14-6-5-12(7-23(14)16)17-15(24)9-22-8-13(18-21-22)11-3-4-11/h5-8,10-11H,3-4,9H2,1-2H3,(H,17,24). The van der Waals surface area contributed by atoms with Gasteiger partial charge in [-0.2, -0.15) is 0 Å². The Labute approximate surface area is 138 Å². The summed E-state index contributed by atoms with van der Waals surface area (Å²) in [5.41, 5.74) is 2.45. The monoisotopic (exact) mass is 325 g/mol. The van der Waals surface area contributed by atoms with Crippen LogP contribution in [0.1, 0.15) is 50.0 Å². The molecule has 1 saturated carbocycles. The van der Waals surface area contributed by atoms with Gasteiger partial charge in [0.1, 0.15) is 12.4 Å². The summed E-state index contributed by atoms with van der Waals surface area (Å²) < 4.78 is 3.49. The van der Waals surface area contributed by atoms with Crippen molar-refractivity contribution in [3.05, 3.63) is 36.0 Å². The van der Waals surface area contributed by atoms with Crippen molar-refractivity contribution >= 4 is 17.2 Å². The number of pyridine rings is 1. The molecule has 0 aromatic carbocycles. The SMILES string of the molecule is CC(C)c1nnc2ccc(NC(=O)Cn3cc(C4CC4)nn3)cn12. The van der Waals surface area contributed by atoms with Gasteiger partial charge in [-0.05, 0) is 25.0 Å². The van der Waals surface area contributed by atoms with Crippen LogP contribution in [0.2, 0.25) is 0 Å². The van der Waals surface area contributed by atoms with Crippen molar-refractivity contribution in [3.63, 3.8) is 0 Å². The lowest BCUT2D eigenvalue weighted by molar-refractivity contribution is -0.116. The Hall–Kier alpha value is -2.77. The fourth-order valence-corrected chi connectivity index (χ4v) is 2.68. The van der Waals surface area contributed by atoms with Crippen LogP contribution in [0.3, 0.4) is 0 Å². The van der Waals surface area contributed by atoms with Crippen LogP contribution in [0.25, 0.3) is 5.65 Å². The molecule has 3 heterocycles. The van der Waals surface area contributed by atoms with Gasteiger partial charge < -0.3 is 5.32 Å². The number of amides is 1. The third kappa shape index (κ3) is 2.86. The largest absolute Gasteiger partial charge is 0.323 e. The molecule has 4 rings (SSSR count). The summed E-state index contributed by atoms with van der Waals surface area (Å²) >= 11 is 0. The Kier molecular flexibility index (Phi) is 3.51. The highest BCUT2D eigenvalue weighted by molar-refractivity contribution is 5.90. The highest BCUT2D eigenvalue weighted by Gasteiger charge is 2.26. The molecule has 3 aromatic heterocycles. The zero-order valence-electron chi connectivity index (χ0n) is 13.7. The van der Waals surface area contributed by atoms with Gasteiger partial charge >= 0.3 is 0 Å². The van der Waals surface area contributed by atoms with Gasteiger partial charge in [0, 0.05) is 24.2 Å². The van der Waals surface area contributed by atoms with Gasteiger partial charge in [0.15, 0.2) is 5.65 Å². The van der Waals surface area contributed by atoms with Gasteiger partial charge in [0.2, 0.25) is 5.91 Å². The molecule has 8 heteroatoms. The van der Waals surface area contributed by atoms with E-state index in [-0.39, 0.29) is 18.4 Å². The Morgan fingerprint density at radius 3 is 2.83 bits per heavy atom. The first-order chi connectivity index (χ1) is 11.6. The van der Waals surface area contributed by atoms with E-state index in [0.717, 1.165) is 17.2 Å². The predicted octanol–water partition coefficient (Wildman–Crippen LogP) is 1.96. The summed E-state index contributed by atoms with van der Waals surface area (Å²) in [5, 5.41) is 19.3. The quantitative estimate of drug-likeness (QED) is 0.774. The van der Waals surface area contributed by atoms with E-state index in [1.165, 1.54) is 12.8 Å². The predicted molar refractivity (Wildman–Crippen MR) is 87.7 cm³/mol. The average molecular weight is 325 g/mol. The van der Waals surface area contributed by atoms with Crippen LogP contribution >= 0.6 is 0 Å². The molecule has 0 radical (unpaired) electrons. The number of carbonyl (C=O) groups excluding carboxylic acids is 1. The first kappa shape index (κ1) is 14.8. The van der Waals surface area contributed by atoms with E-state index < -0.39 is 0 Å². The third-order valence-corrected chi connectivity index (χ3v) is 4.09. The summed E-state index contributed by atoms with van der Waals surface area (Å²) in [6.07, 6.45) is 6.04. The fourth-order valence-electron chi connectivity index (χ4n) is 2.68. The number of fused-ring (bicyclic) bond motifs is 1. The number of hydrogen-bond acceptors (Lipinski definition) is 5. The van der Waals surface area contributed by atoms with Crippen molar-refractivity contribution in [2.24, 2.45) is 0 Å². The van der Waals surface area contributed by atoms with E-state index in [4.69, 9.17) is 0 Å². The van der Waals surface area contributed by atoms with Crippen LogP contribution in [0.15, 0.2) is 24.5 Å². The van der Waals surface area contributed by atoms with Crippen LogP contribution in [-0.2, 0) is 11.3 Å². The molecule has 1 N–H and O–H groups in total. The Bertz CT molecular complexity index is 891. The molecule has 0 saturated heterocycles. The summed E-state index contributed by atoms with van der Waals surface area (Å²) in [5.74, 6) is 1.52. The number of anilines is 1. The first-order valence-electron chi connectivity index (χ1n) is 8.14. The Balaban J connectivity index is 1.48. The molecular weight excluding hydrogens is 306 g/mol. The van der Waals surface area contributed by atoms with Crippen molar-refractivity contribution in [2.45, 2.75) is 45.1 Å². The number of hydrogen-bond donors (Lipinski definition) is 1. The molecule has 0 atom stereocenters. The number of nitrogens with zero attached hydrogens (tertiary/aromatic N) is 6. The first-order valence-corrected chi connectivity index (χ1v) is 8.14. The van der Waals surface area contributed by atoms with Crippen LogP contribution in [-0.4, -0.2) is 35.5 Å². The van der Waals surface area contributed by atoms with Gasteiger partial charge in [-0.1, -0.05) is 19.1 Å². The molecular formula is C16H19N7O. The van der Waals surface area contributed by atoms with E-state index in [0.29, 0.717) is 11.6 Å². The molecule has 0 bridgehead atoms. The molecule has 1 aliphatic rings. The molecule has 0 spiro atoms. The second-order valence-corrected chi connectivity index (χ2v) is 6.52. The van der Waals surface area contributed by atoms with Crippen LogP contribution in [0.4, 0.5) is 5.69 Å². The molecule has 124 valence electrons. The van der Waals surface area contributed by atoms with Crippen molar-refractivity contribution in [2.75, 3.05) is 5.32 Å². The van der Waals surface area contributed by atoms with Crippen molar-refractivity contribution < 1.29 is 4.79 Å². The van der Waals surface area contributed by atoms with E-state index in [2.05, 4.69) is 39.7 Å². The van der Waals surface area contributed by atoms with Gasteiger partial charge in [-0.15, -0.1) is 15.3 Å². The third-order valence-electron chi connectivity index (χ3n) is 4.09. The van der Waals surface area contributed by atoms with E-state index in [9.17, 15) is 4.79 Å². The van der Waals surface area contributed by atoms with E-state index in [1.54, 1.807) is 4.68 Å². The second-order valence-electron chi connectivity index (χ2n) is 6.52. The molecule has 1 amide bonds. The molecule has 0 unspecified atom stereocenters. The van der Waals surface area contributed by atoms with Crippen molar-refractivity contribution in [1.29, 1.82) is 0 Å². The minimum atomic E-state index is -0.138. The molecule has 24 heavy (non-hydrogen) atoms. The Morgan fingerprint density at radius 1 is 1.25 bits per heavy atom. The summed E-state index contributed by atoms with van der Waals surface area (Å²) in [7, 11) is 0. The molecule has 8 nitrogen and oxygen atoms in total. The minimum Gasteiger partial charge on any atom is -0.323 e. The number of aromatic nitrogens is 6. The maximum Gasteiger partial charge on any atom is 0.246 e. The lowest BCUT2D eigenvalue weighted by Gasteiger charge is -2.07. The van der Waals surface area contributed by atoms with E-state index in [1.807, 2.05) is 28.9 Å². The van der Waals surface area contributed by atoms with Crippen LogP contribution in [0.5, 0.6) is 0 Å². The highest BCUT2D eigenvalue weighted by atomic mass is 16.2. The minimum absolute atomic E-state index is 0.138. The van der Waals surface area contributed by atoms with Crippen LogP contribution < -0.4 is 5.32 Å². The van der Waals surface area contributed by atoms with Crippen molar-refractivity contribution in [3.8, 4) is 0 Å². The zero-order chi connectivity index (χ0) is 16.7. The summed E-state index contributed by atoms with van der Waals surface area (Å²) in [6, 6.07) is 3.66. The van der Waals surface area contributed by atoms with E-state index >= 15 is 0 Å².